The molecule has 0 saturated carbocycles. The van der Waals surface area contributed by atoms with E-state index in [1.54, 1.807) is 0 Å². The number of unbranched alkanes of at least 4 members (excludes halogenated alkanes) is 14. The normalized spacial score (nSPS) is 10.5. The highest BCUT2D eigenvalue weighted by atomic mass is 31.2. The van der Waals surface area contributed by atoms with Crippen molar-refractivity contribution in [3.8, 4) is 0 Å². The van der Waals surface area contributed by atoms with Gasteiger partial charge in [-0.05, 0) is 6.42 Å². The fraction of sp³-hybridized carbons (Fsp3) is 0.708. The fourth-order valence-corrected chi connectivity index (χ4v) is 3.03. The fourth-order valence-electron chi connectivity index (χ4n) is 3.03. The molecule has 0 amide bonds. The molecule has 0 spiro atoms. The van der Waals surface area contributed by atoms with E-state index in [2.05, 4.69) is 6.92 Å². The second kappa shape index (κ2) is 25.1. The van der Waals surface area contributed by atoms with E-state index in [0.717, 1.165) is 12.8 Å². The van der Waals surface area contributed by atoms with Gasteiger partial charge < -0.3 is 19.8 Å². The summed E-state index contributed by atoms with van der Waals surface area (Å²) in [7, 11) is -4.64. The number of benzene rings is 1. The molecule has 0 aliphatic heterocycles. The van der Waals surface area contributed by atoms with Crippen LogP contribution in [0.2, 0.25) is 0 Å². The highest BCUT2D eigenvalue weighted by Gasteiger charge is 2.00. The van der Waals surface area contributed by atoms with Gasteiger partial charge in [-0.3, -0.25) is 4.79 Å². The number of carbonyl (C=O) groups is 1. The molecule has 0 bridgehead atoms. The largest absolute Gasteiger partial charge is 0.481 e. The van der Waals surface area contributed by atoms with Gasteiger partial charge in [-0.15, -0.1) is 0 Å². The molecular weight excluding hydrogens is 415 g/mol. The Hall–Kier alpha value is -1.20. The van der Waals surface area contributed by atoms with Gasteiger partial charge in [0.15, 0.2) is 0 Å². The van der Waals surface area contributed by atoms with Gasteiger partial charge in [-0.25, -0.2) is 4.57 Å². The van der Waals surface area contributed by atoms with Crippen LogP contribution in [0.15, 0.2) is 36.4 Å². The molecule has 0 fully saturated rings. The standard InChI is InChI=1S/C18H36O2.C6H6.H3O4P/c1-2-3-4-5-6-7-8-9-10-11-12-13-14-15-16-17-18(19)20;1-2-4-6-5-3-1;1-5(2,3)4/h2-17H2,1H3,(H,19,20);1-6H;(H3,1,2,3,4). The lowest BCUT2D eigenvalue weighted by Crippen LogP contribution is -1.93. The molecule has 4 N–H and O–H groups in total. The summed E-state index contributed by atoms with van der Waals surface area (Å²) in [6, 6.07) is 12.0. The Balaban J connectivity index is 0. The molecule has 0 atom stereocenters. The van der Waals surface area contributed by atoms with E-state index in [4.69, 9.17) is 24.4 Å². The average Bonchev–Trinajstić information content (AvgIpc) is 2.71. The summed E-state index contributed by atoms with van der Waals surface area (Å²) in [6.07, 6.45) is 20.2. The second-order valence-corrected chi connectivity index (χ2v) is 8.79. The minimum Gasteiger partial charge on any atom is -0.481 e. The summed E-state index contributed by atoms with van der Waals surface area (Å²) < 4.78 is 8.88. The third kappa shape index (κ3) is 43.5. The van der Waals surface area contributed by atoms with Crippen LogP contribution in [0.4, 0.5) is 0 Å². The molecule has 1 aromatic carbocycles. The summed E-state index contributed by atoms with van der Waals surface area (Å²) in [6.45, 7) is 2.27. The highest BCUT2D eigenvalue weighted by molar-refractivity contribution is 7.45. The predicted molar refractivity (Wildman–Crippen MR) is 128 cm³/mol. The third-order valence-corrected chi connectivity index (χ3v) is 4.66. The molecule has 7 heteroatoms. The van der Waals surface area contributed by atoms with Crippen LogP contribution in [0.1, 0.15) is 110 Å². The maximum atomic E-state index is 10.3. The minimum atomic E-state index is -4.64. The zero-order chi connectivity index (χ0) is 23.6. The maximum Gasteiger partial charge on any atom is 0.466 e. The Labute approximate surface area is 189 Å². The first-order chi connectivity index (χ1) is 14.8. The minimum absolute atomic E-state index is 0.345. The Morgan fingerprint density at radius 3 is 1.03 bits per heavy atom. The highest BCUT2D eigenvalue weighted by Crippen LogP contribution is 2.25. The van der Waals surface area contributed by atoms with E-state index in [0.29, 0.717) is 6.42 Å². The van der Waals surface area contributed by atoms with Crippen LogP contribution < -0.4 is 0 Å². The summed E-state index contributed by atoms with van der Waals surface area (Å²) in [4.78, 5) is 31.9. The van der Waals surface area contributed by atoms with Crippen LogP contribution in [0.5, 0.6) is 0 Å². The van der Waals surface area contributed by atoms with E-state index < -0.39 is 13.8 Å². The van der Waals surface area contributed by atoms with Gasteiger partial charge in [0.05, 0.1) is 0 Å². The van der Waals surface area contributed by atoms with Crippen molar-refractivity contribution in [1.29, 1.82) is 0 Å². The van der Waals surface area contributed by atoms with Crippen LogP contribution in [0.3, 0.4) is 0 Å². The van der Waals surface area contributed by atoms with Crippen LogP contribution in [-0.4, -0.2) is 25.8 Å². The topological polar surface area (TPSA) is 115 Å². The van der Waals surface area contributed by atoms with Crippen molar-refractivity contribution in [2.24, 2.45) is 0 Å². The molecule has 0 aliphatic rings. The van der Waals surface area contributed by atoms with Gasteiger partial charge in [-0.2, -0.15) is 0 Å². The molecule has 1 aromatic rings. The van der Waals surface area contributed by atoms with Gasteiger partial charge in [0.2, 0.25) is 0 Å². The molecule has 1 rings (SSSR count). The molecule has 31 heavy (non-hydrogen) atoms. The Morgan fingerprint density at radius 1 is 0.581 bits per heavy atom. The van der Waals surface area contributed by atoms with E-state index in [9.17, 15) is 4.79 Å². The number of carboxylic acids is 1. The lowest BCUT2D eigenvalue weighted by molar-refractivity contribution is -0.137. The molecule has 182 valence electrons. The Kier molecular flexibility index (Phi) is 25.9. The second-order valence-electron chi connectivity index (χ2n) is 7.76. The number of hydrogen-bond acceptors (Lipinski definition) is 2. The monoisotopic (exact) mass is 460 g/mol. The van der Waals surface area contributed by atoms with Crippen molar-refractivity contribution in [3.63, 3.8) is 0 Å². The summed E-state index contributed by atoms with van der Waals surface area (Å²) in [5, 5.41) is 8.52. The van der Waals surface area contributed by atoms with Crippen LogP contribution >= 0.6 is 7.82 Å². The molecule has 0 aliphatic carbocycles. The number of rotatable bonds is 16. The number of phosphoric acid groups is 1. The van der Waals surface area contributed by atoms with E-state index in [-0.39, 0.29) is 0 Å². The maximum absolute atomic E-state index is 10.3. The van der Waals surface area contributed by atoms with E-state index in [1.807, 2.05) is 36.4 Å². The van der Waals surface area contributed by atoms with Gasteiger partial charge in [0.1, 0.15) is 0 Å². The predicted octanol–water partition coefficient (Wildman–Crippen LogP) is 7.09. The Bertz CT molecular complexity index is 483. The molecule has 0 saturated heterocycles. The zero-order valence-corrected chi connectivity index (χ0v) is 20.2. The zero-order valence-electron chi connectivity index (χ0n) is 19.3. The molecule has 0 heterocycles. The van der Waals surface area contributed by atoms with Crippen molar-refractivity contribution < 1.29 is 29.1 Å². The van der Waals surface area contributed by atoms with Crippen LogP contribution in [-0.2, 0) is 9.36 Å². The van der Waals surface area contributed by atoms with Gasteiger partial charge in [0.25, 0.3) is 0 Å². The van der Waals surface area contributed by atoms with Crippen molar-refractivity contribution in [2.45, 2.75) is 110 Å². The third-order valence-electron chi connectivity index (χ3n) is 4.66. The summed E-state index contributed by atoms with van der Waals surface area (Å²) in [5.41, 5.74) is 0. The lowest BCUT2D eigenvalue weighted by atomic mass is 10.0. The van der Waals surface area contributed by atoms with E-state index >= 15 is 0 Å². The molecular formula is C24H45O6P. The Morgan fingerprint density at radius 2 is 0.806 bits per heavy atom. The molecule has 0 aromatic heterocycles. The number of carboxylic acid groups (broad SMARTS) is 1. The molecule has 6 nitrogen and oxygen atoms in total. The number of aliphatic carboxylic acids is 1. The summed E-state index contributed by atoms with van der Waals surface area (Å²) in [5.74, 6) is -0.653. The van der Waals surface area contributed by atoms with Crippen molar-refractivity contribution >= 4 is 13.8 Å². The van der Waals surface area contributed by atoms with Gasteiger partial charge >= 0.3 is 13.8 Å². The SMILES string of the molecule is CCCCCCCCCCCCCCCCCC(=O)O.O=P(O)(O)O.c1ccccc1. The van der Waals surface area contributed by atoms with Crippen molar-refractivity contribution in [3.05, 3.63) is 36.4 Å². The first kappa shape index (κ1) is 32.0. The lowest BCUT2D eigenvalue weighted by Gasteiger charge is -2.03. The summed E-state index contributed by atoms with van der Waals surface area (Å²) >= 11 is 0. The molecule has 0 unspecified atom stereocenters. The quantitative estimate of drug-likeness (QED) is 0.155. The van der Waals surface area contributed by atoms with Crippen molar-refractivity contribution in [1.82, 2.24) is 0 Å². The average molecular weight is 461 g/mol. The van der Waals surface area contributed by atoms with Gasteiger partial charge in [-0.1, -0.05) is 133 Å². The van der Waals surface area contributed by atoms with Gasteiger partial charge in [0, 0.05) is 6.42 Å². The first-order valence-electron chi connectivity index (χ1n) is 11.8. The first-order valence-corrected chi connectivity index (χ1v) is 13.3. The number of hydrogen-bond donors (Lipinski definition) is 4. The van der Waals surface area contributed by atoms with E-state index in [1.165, 1.54) is 83.5 Å². The van der Waals surface area contributed by atoms with Crippen LogP contribution in [0, 0.1) is 0 Å². The smallest absolute Gasteiger partial charge is 0.466 e. The van der Waals surface area contributed by atoms with Crippen LogP contribution in [0.25, 0.3) is 0 Å². The van der Waals surface area contributed by atoms with Crippen molar-refractivity contribution in [2.75, 3.05) is 0 Å². The molecule has 0 radical (unpaired) electrons.